The first-order valence-corrected chi connectivity index (χ1v) is 25.2. The molecule has 342 valence electrons. The first-order valence-electron chi connectivity index (χ1n) is 23.6. The first kappa shape index (κ1) is 47.4. The van der Waals surface area contributed by atoms with Gasteiger partial charge >= 0.3 is 0 Å². The van der Waals surface area contributed by atoms with Crippen molar-refractivity contribution in [2.45, 2.75) is 103 Å². The average molecular weight is 896 g/mol. The molecule has 3 heterocycles. The third-order valence-corrected chi connectivity index (χ3v) is 14.1. The van der Waals surface area contributed by atoms with E-state index in [1.165, 1.54) is 44.1 Å². The van der Waals surface area contributed by atoms with E-state index in [1.807, 2.05) is 4.90 Å². The van der Waals surface area contributed by atoms with Gasteiger partial charge in [0.2, 0.25) is 17.5 Å². The third kappa shape index (κ3) is 11.3. The lowest BCUT2D eigenvalue weighted by atomic mass is 9.79. The number of carbonyl (C=O) groups is 2. The molecule has 3 aliphatic rings. The van der Waals surface area contributed by atoms with Crippen LogP contribution in [0.4, 0.5) is 11.4 Å². The molecule has 0 spiro atoms. The van der Waals surface area contributed by atoms with Crippen LogP contribution in [0.2, 0.25) is 0 Å². The number of carbonyl (C=O) groups excluding carboxylic acids is 2. The number of benzene rings is 4. The SMILES string of the molecule is CC1(C)C(=CC=CC=CC=CC2=[N+](CCCCCC(=O)NCCC(=O)N3CCC=CCCC3)c3ccc4ccccc4c3C2(C)C)N(CCCCS(=O)(=O)O)c2ccc3ccccc3c21. The van der Waals surface area contributed by atoms with Gasteiger partial charge in [-0.25, -0.2) is 0 Å². The van der Waals surface area contributed by atoms with Crippen molar-refractivity contribution in [3.63, 3.8) is 0 Å². The van der Waals surface area contributed by atoms with E-state index in [-0.39, 0.29) is 28.4 Å². The molecule has 0 atom stereocenters. The zero-order valence-corrected chi connectivity index (χ0v) is 39.6. The molecule has 9 nitrogen and oxygen atoms in total. The molecule has 2 N–H and O–H groups in total. The van der Waals surface area contributed by atoms with Gasteiger partial charge in [0.25, 0.3) is 10.1 Å². The molecule has 2 amide bonds. The van der Waals surface area contributed by atoms with Gasteiger partial charge in [-0.1, -0.05) is 111 Å². The molecule has 0 radical (unpaired) electrons. The van der Waals surface area contributed by atoms with Gasteiger partial charge in [0.15, 0.2) is 5.71 Å². The van der Waals surface area contributed by atoms with E-state index < -0.39 is 10.1 Å². The molecule has 7 rings (SSSR count). The molecule has 0 bridgehead atoms. The van der Waals surface area contributed by atoms with E-state index in [0.717, 1.165) is 69.5 Å². The second-order valence-corrected chi connectivity index (χ2v) is 20.2. The van der Waals surface area contributed by atoms with E-state index in [2.05, 4.69) is 170 Å². The molecule has 10 heteroatoms. The van der Waals surface area contributed by atoms with Crippen LogP contribution in [0.1, 0.15) is 103 Å². The second kappa shape index (κ2) is 21.2. The Balaban J connectivity index is 1.01. The average Bonchev–Trinajstić information content (AvgIpc) is 3.62. The van der Waals surface area contributed by atoms with Crippen LogP contribution in [0.5, 0.6) is 0 Å². The Morgan fingerprint density at radius 1 is 0.738 bits per heavy atom. The van der Waals surface area contributed by atoms with Gasteiger partial charge in [0, 0.05) is 79.9 Å². The Labute approximate surface area is 386 Å². The number of allylic oxidation sites excluding steroid dienone is 9. The number of unbranched alkanes of at least 4 members (excludes halogenated alkanes) is 3. The number of nitrogens with one attached hydrogen (secondary N) is 1. The van der Waals surface area contributed by atoms with Gasteiger partial charge in [-0.05, 0) is 104 Å². The Kier molecular flexibility index (Phi) is 15.4. The minimum Gasteiger partial charge on any atom is -0.356 e. The predicted molar refractivity (Wildman–Crippen MR) is 268 cm³/mol. The molecule has 0 saturated carbocycles. The van der Waals surface area contributed by atoms with Crippen molar-refractivity contribution >= 4 is 60.6 Å². The molecule has 3 aliphatic heterocycles. The fourth-order valence-electron chi connectivity index (χ4n) is 10.1. The Morgan fingerprint density at radius 2 is 1.43 bits per heavy atom. The van der Waals surface area contributed by atoms with Gasteiger partial charge in [-0.2, -0.15) is 13.0 Å². The number of nitrogens with zero attached hydrogens (tertiary/aromatic N) is 3. The minimum atomic E-state index is -4.01. The predicted octanol–water partition coefficient (Wildman–Crippen LogP) is 11.0. The monoisotopic (exact) mass is 895 g/mol. The van der Waals surface area contributed by atoms with Crippen LogP contribution >= 0.6 is 0 Å². The summed E-state index contributed by atoms with van der Waals surface area (Å²) in [5, 5.41) is 7.88. The number of anilines is 1. The standard InChI is InChI=1S/C55H66N4O5S/c1-54(2)48(28-12-7-5-8-13-29-49-55(3,4)53-45-27-18-16-25-43(45)32-34-47(53)59(49)40-22-23-41-65(62,63)64)58(46-33-31-42-24-15-17-26-44(42)52(46)54)39-21-11-14-30-50(60)56-36-35-51(61)57-37-19-9-6-10-20-38-57/h5-9,12-13,15-18,24-29,31-34H,10-11,14,19-23,30,35-41H2,1-4H3,(H-,56,60,62,63,64)/p+1. The minimum absolute atomic E-state index is 0.0106. The van der Waals surface area contributed by atoms with Crippen molar-refractivity contribution in [2.24, 2.45) is 0 Å². The Morgan fingerprint density at radius 3 is 2.20 bits per heavy atom. The summed E-state index contributed by atoms with van der Waals surface area (Å²) < 4.78 is 34.7. The van der Waals surface area contributed by atoms with Crippen molar-refractivity contribution in [1.29, 1.82) is 0 Å². The summed E-state index contributed by atoms with van der Waals surface area (Å²) in [6.45, 7) is 12.5. The van der Waals surface area contributed by atoms with Crippen LogP contribution in [-0.2, 0) is 30.5 Å². The van der Waals surface area contributed by atoms with Crippen molar-refractivity contribution in [3.05, 3.63) is 144 Å². The summed E-state index contributed by atoms with van der Waals surface area (Å²) >= 11 is 0. The Bertz CT molecular complexity index is 2690. The van der Waals surface area contributed by atoms with Crippen LogP contribution < -0.4 is 10.2 Å². The quantitative estimate of drug-likeness (QED) is 0.0338. The fourth-order valence-corrected chi connectivity index (χ4v) is 10.7. The maximum absolute atomic E-state index is 12.7. The Hall–Kier alpha value is -5.58. The summed E-state index contributed by atoms with van der Waals surface area (Å²) in [6, 6.07) is 25.9. The van der Waals surface area contributed by atoms with Gasteiger partial charge in [-0.15, -0.1) is 0 Å². The highest BCUT2D eigenvalue weighted by Crippen LogP contribution is 2.51. The summed E-state index contributed by atoms with van der Waals surface area (Å²) in [7, 11) is -4.01. The van der Waals surface area contributed by atoms with Crippen LogP contribution in [0.3, 0.4) is 0 Å². The molecular weight excluding hydrogens is 829 g/mol. The van der Waals surface area contributed by atoms with Crippen molar-refractivity contribution < 1.29 is 27.1 Å². The summed E-state index contributed by atoms with van der Waals surface area (Å²) in [6.07, 6.45) is 26.5. The molecule has 0 aromatic heterocycles. The van der Waals surface area contributed by atoms with Gasteiger partial charge in [0.05, 0.1) is 11.2 Å². The van der Waals surface area contributed by atoms with E-state index in [1.54, 1.807) is 0 Å². The molecule has 0 fully saturated rings. The highest BCUT2D eigenvalue weighted by Gasteiger charge is 2.45. The normalized spacial score (nSPS) is 17.8. The number of rotatable bonds is 18. The van der Waals surface area contributed by atoms with E-state index in [9.17, 15) is 22.6 Å². The van der Waals surface area contributed by atoms with Crippen molar-refractivity contribution in [3.8, 4) is 0 Å². The molecular formula is C55H67N4O5S+. The van der Waals surface area contributed by atoms with E-state index in [4.69, 9.17) is 0 Å². The summed E-state index contributed by atoms with van der Waals surface area (Å²) in [4.78, 5) is 29.7. The molecule has 0 unspecified atom stereocenters. The summed E-state index contributed by atoms with van der Waals surface area (Å²) in [5.41, 5.74) is 6.82. The lowest BCUT2D eigenvalue weighted by Gasteiger charge is -2.27. The fraction of sp³-hybridized carbons (Fsp3) is 0.400. The van der Waals surface area contributed by atoms with Crippen LogP contribution in [0.15, 0.2) is 133 Å². The van der Waals surface area contributed by atoms with Crippen LogP contribution in [0, 0.1) is 0 Å². The molecule has 4 aromatic carbocycles. The number of hydrogen-bond acceptors (Lipinski definition) is 5. The van der Waals surface area contributed by atoms with Crippen LogP contribution in [-0.4, -0.2) is 78.4 Å². The molecule has 0 saturated heterocycles. The highest BCUT2D eigenvalue weighted by atomic mass is 32.2. The first-order chi connectivity index (χ1) is 31.3. The largest absolute Gasteiger partial charge is 0.356 e. The summed E-state index contributed by atoms with van der Waals surface area (Å²) in [5.74, 6) is -0.112. The zero-order chi connectivity index (χ0) is 46.0. The van der Waals surface area contributed by atoms with Crippen molar-refractivity contribution in [2.75, 3.05) is 43.4 Å². The van der Waals surface area contributed by atoms with E-state index in [0.29, 0.717) is 38.8 Å². The van der Waals surface area contributed by atoms with Crippen LogP contribution in [0.25, 0.3) is 21.5 Å². The van der Waals surface area contributed by atoms with Gasteiger partial charge in [-0.3, -0.25) is 14.1 Å². The second-order valence-electron chi connectivity index (χ2n) is 18.7. The lowest BCUT2D eigenvalue weighted by Crippen LogP contribution is -2.36. The zero-order valence-electron chi connectivity index (χ0n) is 38.8. The molecule has 65 heavy (non-hydrogen) atoms. The smallest absolute Gasteiger partial charge is 0.264 e. The topological polar surface area (TPSA) is 110 Å². The number of fused-ring (bicyclic) bond motifs is 6. The molecule has 0 aliphatic carbocycles. The molecule has 4 aromatic rings. The lowest BCUT2D eigenvalue weighted by molar-refractivity contribution is -0.438. The maximum atomic E-state index is 12.7. The van der Waals surface area contributed by atoms with Crippen molar-refractivity contribution in [1.82, 2.24) is 10.2 Å². The van der Waals surface area contributed by atoms with Gasteiger partial charge in [0.1, 0.15) is 6.54 Å². The number of amides is 2. The number of hydrogen-bond donors (Lipinski definition) is 2. The highest BCUT2D eigenvalue weighted by molar-refractivity contribution is 7.85. The van der Waals surface area contributed by atoms with E-state index >= 15 is 0 Å². The third-order valence-electron chi connectivity index (χ3n) is 13.3. The maximum Gasteiger partial charge on any atom is 0.264 e. The van der Waals surface area contributed by atoms with Gasteiger partial charge < -0.3 is 15.1 Å².